The van der Waals surface area contributed by atoms with Crippen LogP contribution in [0.4, 0.5) is 0 Å². The molecule has 0 radical (unpaired) electrons. The lowest BCUT2D eigenvalue weighted by molar-refractivity contribution is 0.136. The topological polar surface area (TPSA) is 76.4 Å². The van der Waals surface area contributed by atoms with Crippen molar-refractivity contribution in [1.29, 1.82) is 0 Å². The van der Waals surface area contributed by atoms with E-state index in [4.69, 9.17) is 14.0 Å². The van der Waals surface area contributed by atoms with Gasteiger partial charge in [-0.25, -0.2) is 0 Å². The lowest BCUT2D eigenvalue weighted by Crippen LogP contribution is -2.33. The van der Waals surface area contributed by atoms with E-state index in [9.17, 15) is 0 Å². The maximum Gasteiger partial charge on any atom is 0.173 e. The molecule has 0 amide bonds. The van der Waals surface area contributed by atoms with Gasteiger partial charge in [0.15, 0.2) is 17.3 Å². The lowest BCUT2D eigenvalue weighted by Gasteiger charge is -2.35. The van der Waals surface area contributed by atoms with Crippen LogP contribution in [0.5, 0.6) is 11.5 Å². The molecule has 0 bridgehead atoms. The monoisotopic (exact) mass is 396 g/mol. The maximum absolute atomic E-state index is 5.65. The van der Waals surface area contributed by atoms with Gasteiger partial charge in [0.25, 0.3) is 0 Å². The minimum absolute atomic E-state index is 0.224. The van der Waals surface area contributed by atoms with Gasteiger partial charge in [-0.05, 0) is 39.3 Å². The molecule has 0 aliphatic carbocycles. The molecule has 29 heavy (non-hydrogen) atoms. The number of aromatic amines is 1. The first-order valence-corrected chi connectivity index (χ1v) is 10.0. The highest BCUT2D eigenvalue weighted by atomic mass is 16.5. The number of para-hydroxylation sites is 1. The predicted molar refractivity (Wildman–Crippen MR) is 110 cm³/mol. The third-order valence-electron chi connectivity index (χ3n) is 5.88. The second-order valence-electron chi connectivity index (χ2n) is 7.55. The maximum atomic E-state index is 5.65. The molecule has 3 heterocycles. The van der Waals surface area contributed by atoms with E-state index in [1.807, 2.05) is 32.2 Å². The van der Waals surface area contributed by atoms with Gasteiger partial charge in [0.2, 0.25) is 0 Å². The SMILES string of the molecule is COc1cccc(CN2CCCCC2c2[nH]ncc2-c2onc(C)c2C)c1OC. The van der Waals surface area contributed by atoms with Crippen molar-refractivity contribution in [3.05, 3.63) is 46.9 Å². The van der Waals surface area contributed by atoms with Crippen LogP contribution in [0, 0.1) is 13.8 Å². The molecule has 7 nitrogen and oxygen atoms in total. The van der Waals surface area contributed by atoms with Crippen molar-refractivity contribution in [2.75, 3.05) is 20.8 Å². The molecule has 1 atom stereocenters. The first-order chi connectivity index (χ1) is 14.1. The molecular formula is C22H28N4O3. The number of piperidine rings is 1. The van der Waals surface area contributed by atoms with Crippen LogP contribution >= 0.6 is 0 Å². The van der Waals surface area contributed by atoms with E-state index in [-0.39, 0.29) is 6.04 Å². The summed E-state index contributed by atoms with van der Waals surface area (Å²) in [5.74, 6) is 2.36. The largest absolute Gasteiger partial charge is 0.493 e. The molecule has 7 heteroatoms. The molecule has 4 rings (SSSR count). The summed E-state index contributed by atoms with van der Waals surface area (Å²) >= 11 is 0. The zero-order chi connectivity index (χ0) is 20.4. The van der Waals surface area contributed by atoms with E-state index in [2.05, 4.69) is 26.3 Å². The molecule has 3 aromatic rings. The fraction of sp³-hybridized carbons (Fsp3) is 0.455. The van der Waals surface area contributed by atoms with E-state index < -0.39 is 0 Å². The molecule has 0 saturated carbocycles. The van der Waals surface area contributed by atoms with E-state index in [0.717, 1.165) is 64.8 Å². The van der Waals surface area contributed by atoms with Crippen LogP contribution in [0.1, 0.15) is 47.8 Å². The summed E-state index contributed by atoms with van der Waals surface area (Å²) in [7, 11) is 3.36. The van der Waals surface area contributed by atoms with Crippen LogP contribution in [0.2, 0.25) is 0 Å². The van der Waals surface area contributed by atoms with Crippen molar-refractivity contribution in [3.63, 3.8) is 0 Å². The Kier molecular flexibility index (Phi) is 5.58. The molecule has 1 unspecified atom stereocenters. The van der Waals surface area contributed by atoms with E-state index >= 15 is 0 Å². The van der Waals surface area contributed by atoms with Crippen LogP contribution in [0.25, 0.3) is 11.3 Å². The summed E-state index contributed by atoms with van der Waals surface area (Å²) in [5.41, 5.74) is 5.17. The van der Waals surface area contributed by atoms with E-state index in [0.29, 0.717) is 0 Å². The highest BCUT2D eigenvalue weighted by molar-refractivity contribution is 5.64. The average molecular weight is 396 g/mol. The van der Waals surface area contributed by atoms with Gasteiger partial charge in [0, 0.05) is 17.7 Å². The number of hydrogen-bond donors (Lipinski definition) is 1. The number of methoxy groups -OCH3 is 2. The predicted octanol–water partition coefficient (Wildman–Crippen LogP) is 4.43. The Morgan fingerprint density at radius 1 is 1.21 bits per heavy atom. The van der Waals surface area contributed by atoms with Gasteiger partial charge >= 0.3 is 0 Å². The minimum Gasteiger partial charge on any atom is -0.493 e. The third-order valence-corrected chi connectivity index (χ3v) is 5.88. The minimum atomic E-state index is 0.224. The molecule has 2 aromatic heterocycles. The van der Waals surface area contributed by atoms with Crippen molar-refractivity contribution in [1.82, 2.24) is 20.3 Å². The van der Waals surface area contributed by atoms with Crippen molar-refractivity contribution < 1.29 is 14.0 Å². The molecular weight excluding hydrogens is 368 g/mol. The summed E-state index contributed by atoms with van der Waals surface area (Å²) in [6.45, 7) is 5.79. The fourth-order valence-electron chi connectivity index (χ4n) is 4.20. The first-order valence-electron chi connectivity index (χ1n) is 10.0. The quantitative estimate of drug-likeness (QED) is 0.664. The zero-order valence-corrected chi connectivity index (χ0v) is 17.5. The van der Waals surface area contributed by atoms with Crippen molar-refractivity contribution in [2.24, 2.45) is 0 Å². The molecule has 1 aliphatic rings. The molecule has 1 fully saturated rings. The smallest absolute Gasteiger partial charge is 0.173 e. The number of benzene rings is 1. The summed E-state index contributed by atoms with van der Waals surface area (Å²) < 4.78 is 16.8. The molecule has 1 aromatic carbocycles. The van der Waals surface area contributed by atoms with E-state index in [1.165, 1.54) is 12.8 Å². The zero-order valence-electron chi connectivity index (χ0n) is 17.5. The molecule has 1 saturated heterocycles. The van der Waals surface area contributed by atoms with Gasteiger partial charge in [0.05, 0.1) is 43.4 Å². The highest BCUT2D eigenvalue weighted by Gasteiger charge is 2.30. The van der Waals surface area contributed by atoms with Crippen LogP contribution in [-0.2, 0) is 6.54 Å². The van der Waals surface area contributed by atoms with Crippen LogP contribution in [0.3, 0.4) is 0 Å². The van der Waals surface area contributed by atoms with Crippen molar-refractivity contribution >= 4 is 0 Å². The second-order valence-corrected chi connectivity index (χ2v) is 7.55. The Morgan fingerprint density at radius 2 is 2.07 bits per heavy atom. The number of likely N-dealkylation sites (tertiary alicyclic amines) is 1. The number of rotatable bonds is 6. The molecule has 0 spiro atoms. The summed E-state index contributed by atoms with van der Waals surface area (Å²) in [6.07, 6.45) is 5.27. The Hall–Kier alpha value is -2.80. The Morgan fingerprint density at radius 3 is 2.79 bits per heavy atom. The number of nitrogens with one attached hydrogen (secondary N) is 1. The Balaban J connectivity index is 1.67. The molecule has 1 N–H and O–H groups in total. The normalized spacial score (nSPS) is 17.4. The first kappa shape index (κ1) is 19.5. The number of hydrogen-bond acceptors (Lipinski definition) is 6. The van der Waals surface area contributed by atoms with Gasteiger partial charge in [-0.15, -0.1) is 0 Å². The number of H-pyrrole nitrogens is 1. The Labute approximate surface area is 171 Å². The van der Waals surface area contributed by atoms with Gasteiger partial charge in [-0.3, -0.25) is 10.00 Å². The van der Waals surface area contributed by atoms with Gasteiger partial charge in [-0.1, -0.05) is 23.7 Å². The third kappa shape index (κ3) is 3.62. The lowest BCUT2D eigenvalue weighted by atomic mass is 9.95. The van der Waals surface area contributed by atoms with Gasteiger partial charge in [0.1, 0.15) is 0 Å². The summed E-state index contributed by atoms with van der Waals surface area (Å²) in [5, 5.41) is 11.7. The number of aryl methyl sites for hydroxylation is 1. The Bertz CT molecular complexity index is 978. The number of aromatic nitrogens is 3. The van der Waals surface area contributed by atoms with Crippen molar-refractivity contribution in [2.45, 2.75) is 45.7 Å². The second kappa shape index (κ2) is 8.29. The van der Waals surface area contributed by atoms with Crippen LogP contribution in [0.15, 0.2) is 28.9 Å². The molecule has 154 valence electrons. The van der Waals surface area contributed by atoms with E-state index in [1.54, 1.807) is 14.2 Å². The summed E-state index contributed by atoms with van der Waals surface area (Å²) in [4.78, 5) is 2.48. The van der Waals surface area contributed by atoms with Crippen molar-refractivity contribution in [3.8, 4) is 22.8 Å². The number of nitrogens with zero attached hydrogens (tertiary/aromatic N) is 3. The molecule has 1 aliphatic heterocycles. The van der Waals surface area contributed by atoms with Crippen LogP contribution in [-0.4, -0.2) is 41.0 Å². The summed E-state index contributed by atoms with van der Waals surface area (Å²) in [6, 6.07) is 6.27. The fourth-order valence-corrected chi connectivity index (χ4v) is 4.20. The van der Waals surface area contributed by atoms with Crippen LogP contribution < -0.4 is 9.47 Å². The highest BCUT2D eigenvalue weighted by Crippen LogP contribution is 2.39. The average Bonchev–Trinajstić information content (AvgIpc) is 3.35. The number of ether oxygens (including phenoxy) is 2. The van der Waals surface area contributed by atoms with Gasteiger partial charge < -0.3 is 14.0 Å². The van der Waals surface area contributed by atoms with Gasteiger partial charge in [-0.2, -0.15) is 5.10 Å². The standard InChI is InChI=1S/C22H28N4O3/c1-14-15(2)25-29-21(14)17-12-23-24-20(17)18-9-5-6-11-26(18)13-16-8-7-10-19(27-3)22(16)28-4/h7-8,10,12,18H,5-6,9,11,13H2,1-4H3,(H,23,24).